The molecule has 0 spiro atoms. The smallest absolute Gasteiger partial charge is 0.324 e. The van der Waals surface area contributed by atoms with Gasteiger partial charge in [-0.3, -0.25) is 0 Å². The van der Waals surface area contributed by atoms with Gasteiger partial charge in [0.05, 0.1) is 5.52 Å². The van der Waals surface area contributed by atoms with Gasteiger partial charge < -0.3 is 24.2 Å². The Morgan fingerprint density at radius 3 is 2.58 bits per heavy atom. The minimum Gasteiger partial charge on any atom is -0.335 e. The van der Waals surface area contributed by atoms with Crippen LogP contribution in [0.2, 0.25) is 0 Å². The van der Waals surface area contributed by atoms with Crippen molar-refractivity contribution in [2.75, 3.05) is 31.1 Å². The number of benzene rings is 1. The molecule has 0 unspecified atom stereocenters. The highest BCUT2D eigenvalue weighted by atomic mass is 19.3. The summed E-state index contributed by atoms with van der Waals surface area (Å²) in [4.78, 5) is 24.8. The summed E-state index contributed by atoms with van der Waals surface area (Å²) in [7, 11) is 1.75. The van der Waals surface area contributed by atoms with Crippen molar-refractivity contribution in [3.05, 3.63) is 24.0 Å². The van der Waals surface area contributed by atoms with Gasteiger partial charge in [-0.2, -0.15) is 4.98 Å². The van der Waals surface area contributed by atoms with Crippen molar-refractivity contribution in [3.63, 3.8) is 0 Å². The van der Waals surface area contributed by atoms with E-state index in [4.69, 9.17) is 4.52 Å². The number of imidazole rings is 1. The third-order valence-corrected chi connectivity index (χ3v) is 6.36. The Bertz CT molecular complexity index is 1160. The molecule has 1 aliphatic carbocycles. The van der Waals surface area contributed by atoms with E-state index in [1.807, 2.05) is 4.90 Å². The van der Waals surface area contributed by atoms with Crippen LogP contribution in [0.5, 0.6) is 0 Å². The number of halogens is 3. The van der Waals surface area contributed by atoms with Crippen molar-refractivity contribution in [1.82, 2.24) is 29.9 Å². The molecule has 2 amide bonds. The molecule has 2 aliphatic rings. The summed E-state index contributed by atoms with van der Waals surface area (Å²) in [5.41, 5.74) is 0.861. The molecular formula is C21H24F3N7O2. The van der Waals surface area contributed by atoms with Crippen LogP contribution in [-0.2, 0) is 7.05 Å². The Balaban J connectivity index is 1.20. The van der Waals surface area contributed by atoms with Crippen LogP contribution in [0, 0.1) is 5.82 Å². The van der Waals surface area contributed by atoms with Crippen LogP contribution >= 0.6 is 0 Å². The number of nitrogens with zero attached hydrogens (tertiary/aromatic N) is 6. The number of carbonyl (C=O) groups is 1. The van der Waals surface area contributed by atoms with E-state index >= 15 is 0 Å². The molecule has 2 aromatic heterocycles. The fourth-order valence-corrected chi connectivity index (χ4v) is 4.37. The minimum atomic E-state index is -2.62. The van der Waals surface area contributed by atoms with Gasteiger partial charge in [0, 0.05) is 52.1 Å². The number of amides is 2. The van der Waals surface area contributed by atoms with Gasteiger partial charge in [-0.05, 0) is 25.0 Å². The number of rotatable bonds is 3. The molecule has 0 bridgehead atoms. The maximum absolute atomic E-state index is 14.1. The number of aryl methyl sites for hydroxylation is 1. The second-order valence-corrected chi connectivity index (χ2v) is 8.56. The molecule has 5 rings (SSSR count). The van der Waals surface area contributed by atoms with Crippen molar-refractivity contribution in [3.8, 4) is 11.6 Å². The Kier molecular flexibility index (Phi) is 5.37. The van der Waals surface area contributed by atoms with Crippen LogP contribution in [0.15, 0.2) is 22.7 Å². The molecule has 1 aliphatic heterocycles. The maximum atomic E-state index is 14.1. The van der Waals surface area contributed by atoms with Crippen LogP contribution in [0.3, 0.4) is 0 Å². The number of alkyl halides is 2. The predicted molar refractivity (Wildman–Crippen MR) is 113 cm³/mol. The van der Waals surface area contributed by atoms with E-state index in [2.05, 4.69) is 20.4 Å². The summed E-state index contributed by atoms with van der Waals surface area (Å²) >= 11 is 0. The van der Waals surface area contributed by atoms with Crippen molar-refractivity contribution < 1.29 is 22.5 Å². The fourth-order valence-electron chi connectivity index (χ4n) is 4.37. The third-order valence-electron chi connectivity index (χ3n) is 6.36. The van der Waals surface area contributed by atoms with E-state index in [1.54, 1.807) is 28.6 Å². The van der Waals surface area contributed by atoms with E-state index in [1.165, 1.54) is 6.07 Å². The molecule has 1 N–H and O–H groups in total. The number of anilines is 1. The molecule has 176 valence electrons. The van der Waals surface area contributed by atoms with Gasteiger partial charge in [0.1, 0.15) is 5.52 Å². The first kappa shape index (κ1) is 21.5. The number of para-hydroxylation sites is 1. The molecule has 2 fully saturated rings. The van der Waals surface area contributed by atoms with Gasteiger partial charge in [0.15, 0.2) is 11.6 Å². The van der Waals surface area contributed by atoms with Crippen LogP contribution in [-0.4, -0.2) is 68.8 Å². The van der Waals surface area contributed by atoms with Crippen molar-refractivity contribution >= 4 is 23.1 Å². The van der Waals surface area contributed by atoms with Crippen LogP contribution in [0.1, 0.15) is 25.7 Å². The minimum absolute atomic E-state index is 0.191. The van der Waals surface area contributed by atoms with E-state index in [-0.39, 0.29) is 49.1 Å². The molecule has 12 heteroatoms. The second kappa shape index (κ2) is 8.23. The van der Waals surface area contributed by atoms with Crippen LogP contribution in [0.25, 0.3) is 22.7 Å². The zero-order valence-corrected chi connectivity index (χ0v) is 18.1. The highest BCUT2D eigenvalue weighted by Crippen LogP contribution is 2.33. The number of hydrogen-bond acceptors (Lipinski definition) is 6. The van der Waals surface area contributed by atoms with Crippen LogP contribution in [0.4, 0.5) is 24.0 Å². The number of nitrogens with one attached hydrogen (secondary N) is 1. The topological polar surface area (TPSA) is 92.3 Å². The van der Waals surface area contributed by atoms with Crippen molar-refractivity contribution in [1.29, 1.82) is 0 Å². The summed E-state index contributed by atoms with van der Waals surface area (Å²) < 4.78 is 47.8. The van der Waals surface area contributed by atoms with Crippen molar-refractivity contribution in [2.24, 2.45) is 7.05 Å². The molecule has 3 heterocycles. The van der Waals surface area contributed by atoms with Gasteiger partial charge in [0.25, 0.3) is 0 Å². The zero-order valence-electron chi connectivity index (χ0n) is 18.1. The van der Waals surface area contributed by atoms with Gasteiger partial charge >= 0.3 is 12.0 Å². The SMILES string of the molecule is Cn1c(-c2noc(N3CCN(C(=O)NC4CCC(F)(F)CC4)CC3)n2)nc2c(F)cccc21. The summed E-state index contributed by atoms with van der Waals surface area (Å²) in [5, 5.41) is 6.87. The molecule has 1 saturated carbocycles. The average Bonchev–Trinajstić information content (AvgIpc) is 3.41. The number of hydrogen-bond donors (Lipinski definition) is 1. The average molecular weight is 463 g/mol. The number of urea groups is 1. The van der Waals surface area contributed by atoms with Gasteiger partial charge in [-0.25, -0.2) is 22.9 Å². The highest BCUT2D eigenvalue weighted by Gasteiger charge is 2.36. The molecule has 0 radical (unpaired) electrons. The Hall–Kier alpha value is -3.31. The van der Waals surface area contributed by atoms with Crippen LogP contribution < -0.4 is 10.2 Å². The van der Waals surface area contributed by atoms with E-state index in [9.17, 15) is 18.0 Å². The lowest BCUT2D eigenvalue weighted by atomic mass is 9.92. The summed E-state index contributed by atoms with van der Waals surface area (Å²) in [6.07, 6.45) is 0.192. The second-order valence-electron chi connectivity index (χ2n) is 8.56. The molecule has 1 saturated heterocycles. The number of piperazine rings is 1. The Morgan fingerprint density at radius 2 is 1.88 bits per heavy atom. The van der Waals surface area contributed by atoms with E-state index in [0.717, 1.165) is 0 Å². The first-order chi connectivity index (χ1) is 15.8. The van der Waals surface area contributed by atoms with E-state index < -0.39 is 11.7 Å². The standard InChI is InChI=1S/C21H24F3N7O2/c1-29-15-4-2-3-14(22)16(15)26-18(29)17-27-20(33-28-17)31-11-9-30(10-12-31)19(32)25-13-5-7-21(23,24)8-6-13/h2-4,13H,5-12H2,1H3,(H,25,32). The lowest BCUT2D eigenvalue weighted by Crippen LogP contribution is -2.54. The highest BCUT2D eigenvalue weighted by molar-refractivity contribution is 5.80. The lowest BCUT2D eigenvalue weighted by molar-refractivity contribution is -0.0398. The Labute approximate surface area is 187 Å². The molecule has 33 heavy (non-hydrogen) atoms. The predicted octanol–water partition coefficient (Wildman–Crippen LogP) is 3.17. The molecular weight excluding hydrogens is 439 g/mol. The molecule has 9 nitrogen and oxygen atoms in total. The fraction of sp³-hybridized carbons (Fsp3) is 0.524. The normalized spacial score (nSPS) is 19.3. The third kappa shape index (κ3) is 4.21. The number of carbonyl (C=O) groups excluding carboxylic acids is 1. The Morgan fingerprint density at radius 1 is 1.15 bits per heavy atom. The molecule has 3 aromatic rings. The largest absolute Gasteiger partial charge is 0.335 e. The lowest BCUT2D eigenvalue weighted by Gasteiger charge is -2.35. The molecule has 1 aromatic carbocycles. The summed E-state index contributed by atoms with van der Waals surface area (Å²) in [5.74, 6) is -2.40. The number of aromatic nitrogens is 4. The maximum Gasteiger partial charge on any atom is 0.324 e. The van der Waals surface area contributed by atoms with E-state index in [0.29, 0.717) is 43.5 Å². The zero-order chi connectivity index (χ0) is 23.2. The summed E-state index contributed by atoms with van der Waals surface area (Å²) in [6, 6.07) is 4.57. The molecule has 0 atom stereocenters. The first-order valence-electron chi connectivity index (χ1n) is 10.9. The first-order valence-corrected chi connectivity index (χ1v) is 10.9. The monoisotopic (exact) mass is 463 g/mol. The van der Waals surface area contributed by atoms with Gasteiger partial charge in [-0.1, -0.05) is 11.2 Å². The van der Waals surface area contributed by atoms with Crippen molar-refractivity contribution in [2.45, 2.75) is 37.6 Å². The van der Waals surface area contributed by atoms with Gasteiger partial charge in [0.2, 0.25) is 11.7 Å². The number of fused-ring (bicyclic) bond motifs is 1. The van der Waals surface area contributed by atoms with Gasteiger partial charge in [-0.15, -0.1) is 0 Å². The summed E-state index contributed by atoms with van der Waals surface area (Å²) in [6.45, 7) is 1.83. The quantitative estimate of drug-likeness (QED) is 0.642.